The summed E-state index contributed by atoms with van der Waals surface area (Å²) < 4.78 is 1.00. The number of carbonyl (C=O) groups excluding carboxylic acids is 1. The maximum atomic E-state index is 12.5. The predicted molar refractivity (Wildman–Crippen MR) is 83.1 cm³/mol. The molecule has 1 aromatic carbocycles. The van der Waals surface area contributed by atoms with E-state index in [9.17, 15) is 4.79 Å². The maximum Gasteiger partial charge on any atom is 0.205 e. The number of hydrogen-bond acceptors (Lipinski definition) is 2. The third-order valence-corrected chi connectivity index (χ3v) is 4.84. The van der Waals surface area contributed by atoms with Crippen LogP contribution >= 0.6 is 27.3 Å². The first-order valence-electron chi connectivity index (χ1n) is 6.09. The van der Waals surface area contributed by atoms with E-state index in [4.69, 9.17) is 0 Å². The predicted octanol–water partition coefficient (Wildman–Crippen LogP) is 4.79. The lowest BCUT2D eigenvalue weighted by atomic mass is 10.1. The van der Waals surface area contributed by atoms with E-state index in [1.807, 2.05) is 30.3 Å². The molecule has 0 radical (unpaired) electrons. The Balaban J connectivity index is 2.06. The van der Waals surface area contributed by atoms with Crippen LogP contribution < -0.4 is 0 Å². The van der Waals surface area contributed by atoms with Gasteiger partial charge in [-0.25, -0.2) is 0 Å². The standard InChI is InChI=1S/C15H12BrNOS/c1-2-10-4-6-14(19-10)15(18)12-8-17-13-7-9(16)3-5-11(12)13/h3-8,17H,2H2,1H3. The van der Waals surface area contributed by atoms with Gasteiger partial charge in [-0.05, 0) is 30.7 Å². The van der Waals surface area contributed by atoms with E-state index in [1.54, 1.807) is 17.5 Å². The van der Waals surface area contributed by atoms with Crippen molar-refractivity contribution in [1.82, 2.24) is 4.98 Å². The SMILES string of the molecule is CCc1ccc(C(=O)c2c[nH]c3cc(Br)ccc23)s1. The summed E-state index contributed by atoms with van der Waals surface area (Å²) >= 11 is 5.01. The third-order valence-electron chi connectivity index (χ3n) is 3.12. The van der Waals surface area contributed by atoms with Crippen LogP contribution in [0.15, 0.2) is 41.0 Å². The number of benzene rings is 1. The first kappa shape index (κ1) is 12.6. The molecule has 0 unspecified atom stereocenters. The zero-order valence-electron chi connectivity index (χ0n) is 10.4. The van der Waals surface area contributed by atoms with Crippen molar-refractivity contribution in [2.24, 2.45) is 0 Å². The van der Waals surface area contributed by atoms with Gasteiger partial charge >= 0.3 is 0 Å². The molecule has 1 N–H and O–H groups in total. The number of aromatic nitrogens is 1. The van der Waals surface area contributed by atoms with Crippen molar-refractivity contribution in [3.8, 4) is 0 Å². The molecule has 3 aromatic rings. The Morgan fingerprint density at radius 3 is 2.89 bits per heavy atom. The van der Waals surface area contributed by atoms with Gasteiger partial charge in [0.05, 0.1) is 4.88 Å². The lowest BCUT2D eigenvalue weighted by Crippen LogP contribution is -1.96. The highest BCUT2D eigenvalue weighted by molar-refractivity contribution is 9.10. The van der Waals surface area contributed by atoms with Crippen molar-refractivity contribution in [1.29, 1.82) is 0 Å². The van der Waals surface area contributed by atoms with Gasteiger partial charge in [0.1, 0.15) is 0 Å². The van der Waals surface area contributed by atoms with E-state index in [0.29, 0.717) is 0 Å². The molecule has 2 heterocycles. The number of rotatable bonds is 3. The van der Waals surface area contributed by atoms with Gasteiger partial charge in [0, 0.05) is 32.0 Å². The summed E-state index contributed by atoms with van der Waals surface area (Å²) in [4.78, 5) is 17.7. The van der Waals surface area contributed by atoms with Crippen molar-refractivity contribution in [3.63, 3.8) is 0 Å². The molecule has 0 bridgehead atoms. The van der Waals surface area contributed by atoms with Crippen molar-refractivity contribution in [2.45, 2.75) is 13.3 Å². The first-order valence-corrected chi connectivity index (χ1v) is 7.70. The summed E-state index contributed by atoms with van der Waals surface area (Å²) in [6.45, 7) is 2.10. The van der Waals surface area contributed by atoms with Crippen molar-refractivity contribution in [2.75, 3.05) is 0 Å². The monoisotopic (exact) mass is 333 g/mol. The fourth-order valence-electron chi connectivity index (χ4n) is 2.11. The molecule has 0 atom stereocenters. The van der Waals surface area contributed by atoms with Crippen molar-refractivity contribution < 1.29 is 4.79 Å². The van der Waals surface area contributed by atoms with Crippen LogP contribution in [0, 0.1) is 0 Å². The molecule has 0 saturated carbocycles. The van der Waals surface area contributed by atoms with E-state index in [1.165, 1.54) is 4.88 Å². The largest absolute Gasteiger partial charge is 0.360 e. The molecular formula is C15H12BrNOS. The lowest BCUT2D eigenvalue weighted by molar-refractivity contribution is 0.104. The Morgan fingerprint density at radius 1 is 1.32 bits per heavy atom. The third kappa shape index (κ3) is 2.26. The van der Waals surface area contributed by atoms with E-state index in [0.717, 1.165) is 32.2 Å². The minimum absolute atomic E-state index is 0.0956. The number of fused-ring (bicyclic) bond motifs is 1. The van der Waals surface area contributed by atoms with Gasteiger partial charge in [-0.3, -0.25) is 4.79 Å². The van der Waals surface area contributed by atoms with Gasteiger partial charge in [-0.1, -0.05) is 28.9 Å². The molecule has 4 heteroatoms. The highest BCUT2D eigenvalue weighted by Crippen LogP contribution is 2.26. The minimum atomic E-state index is 0.0956. The van der Waals surface area contributed by atoms with Gasteiger partial charge in [0.15, 0.2) is 0 Å². The number of aromatic amines is 1. The fourth-order valence-corrected chi connectivity index (χ4v) is 3.37. The van der Waals surface area contributed by atoms with E-state index >= 15 is 0 Å². The van der Waals surface area contributed by atoms with E-state index < -0.39 is 0 Å². The topological polar surface area (TPSA) is 32.9 Å². The first-order chi connectivity index (χ1) is 9.19. The second-order valence-corrected chi connectivity index (χ2v) is 6.42. The van der Waals surface area contributed by atoms with Crippen LogP contribution in [0.2, 0.25) is 0 Å². The van der Waals surface area contributed by atoms with Gasteiger partial charge in [-0.15, -0.1) is 11.3 Å². The van der Waals surface area contributed by atoms with E-state index in [-0.39, 0.29) is 5.78 Å². The van der Waals surface area contributed by atoms with Gasteiger partial charge in [0.25, 0.3) is 0 Å². The molecule has 2 aromatic heterocycles. The molecule has 0 spiro atoms. The van der Waals surface area contributed by atoms with Crippen molar-refractivity contribution >= 4 is 44.0 Å². The molecular weight excluding hydrogens is 322 g/mol. The average molecular weight is 334 g/mol. The van der Waals surface area contributed by atoms with Crippen molar-refractivity contribution in [3.05, 3.63) is 56.3 Å². The number of halogens is 1. The molecule has 0 aliphatic rings. The van der Waals surface area contributed by atoms with Crippen LogP contribution in [0.3, 0.4) is 0 Å². The van der Waals surface area contributed by atoms with Crippen LogP contribution in [0.5, 0.6) is 0 Å². The van der Waals surface area contributed by atoms with Crippen LogP contribution in [0.1, 0.15) is 27.0 Å². The maximum absolute atomic E-state index is 12.5. The Labute approximate surface area is 123 Å². The smallest absolute Gasteiger partial charge is 0.205 e. The molecule has 0 fully saturated rings. The van der Waals surface area contributed by atoms with Crippen LogP contribution in [-0.4, -0.2) is 10.8 Å². The average Bonchev–Trinajstić information content (AvgIpc) is 3.03. The molecule has 96 valence electrons. The second-order valence-electron chi connectivity index (χ2n) is 4.34. The number of nitrogens with one attached hydrogen (secondary N) is 1. The summed E-state index contributed by atoms with van der Waals surface area (Å²) in [6, 6.07) is 9.86. The highest BCUT2D eigenvalue weighted by Gasteiger charge is 2.15. The highest BCUT2D eigenvalue weighted by atomic mass is 79.9. The molecule has 3 rings (SSSR count). The summed E-state index contributed by atoms with van der Waals surface area (Å²) in [5, 5.41) is 0.972. The summed E-state index contributed by atoms with van der Waals surface area (Å²) in [7, 11) is 0. The van der Waals surface area contributed by atoms with Crippen LogP contribution in [-0.2, 0) is 6.42 Å². The molecule has 0 aliphatic heterocycles. The molecule has 0 aliphatic carbocycles. The summed E-state index contributed by atoms with van der Waals surface area (Å²) in [5.41, 5.74) is 1.72. The molecule has 0 amide bonds. The Hall–Kier alpha value is -1.39. The summed E-state index contributed by atoms with van der Waals surface area (Å²) in [6.07, 6.45) is 2.77. The van der Waals surface area contributed by atoms with Gasteiger partial charge in [-0.2, -0.15) is 0 Å². The summed E-state index contributed by atoms with van der Waals surface area (Å²) in [5.74, 6) is 0.0956. The van der Waals surface area contributed by atoms with E-state index in [2.05, 4.69) is 27.8 Å². The number of thiophene rings is 1. The van der Waals surface area contributed by atoms with Gasteiger partial charge in [0.2, 0.25) is 5.78 Å². The number of hydrogen-bond donors (Lipinski definition) is 1. The lowest BCUT2D eigenvalue weighted by Gasteiger charge is -1.97. The minimum Gasteiger partial charge on any atom is -0.360 e. The number of carbonyl (C=O) groups is 1. The number of H-pyrrole nitrogens is 1. The second kappa shape index (κ2) is 4.94. The molecule has 0 saturated heterocycles. The Kier molecular flexibility index (Phi) is 3.29. The molecule has 2 nitrogen and oxygen atoms in total. The zero-order valence-corrected chi connectivity index (χ0v) is 12.8. The molecule has 19 heavy (non-hydrogen) atoms. The zero-order chi connectivity index (χ0) is 13.4. The van der Waals surface area contributed by atoms with Crippen LogP contribution in [0.4, 0.5) is 0 Å². The Morgan fingerprint density at radius 2 is 2.16 bits per heavy atom. The number of ketones is 1. The quantitative estimate of drug-likeness (QED) is 0.687. The normalized spacial score (nSPS) is 11.1. The fraction of sp³-hybridized carbons (Fsp3) is 0.133. The number of aryl methyl sites for hydroxylation is 1. The van der Waals surface area contributed by atoms with Crippen LogP contribution in [0.25, 0.3) is 10.9 Å². The van der Waals surface area contributed by atoms with Gasteiger partial charge < -0.3 is 4.98 Å². The Bertz CT molecular complexity index is 756.